The van der Waals surface area contributed by atoms with Crippen LogP contribution in [0.1, 0.15) is 30.6 Å². The number of nitrogens with two attached hydrogens (primary N) is 2. The molecule has 0 aliphatic rings. The van der Waals surface area contributed by atoms with Gasteiger partial charge < -0.3 is 11.5 Å². The van der Waals surface area contributed by atoms with Crippen LogP contribution in [0.5, 0.6) is 0 Å². The zero-order valence-electron chi connectivity index (χ0n) is 8.36. The molecule has 4 N–H and O–H groups in total. The van der Waals surface area contributed by atoms with E-state index in [0.717, 1.165) is 5.01 Å². The molecule has 1 unspecified atom stereocenters. The second-order valence-corrected chi connectivity index (χ2v) is 4.48. The van der Waals surface area contributed by atoms with Crippen molar-refractivity contribution in [2.45, 2.75) is 26.3 Å². The van der Waals surface area contributed by atoms with E-state index in [4.69, 9.17) is 11.5 Å². The van der Waals surface area contributed by atoms with Crippen LogP contribution in [0.3, 0.4) is 0 Å². The van der Waals surface area contributed by atoms with Gasteiger partial charge in [0.25, 0.3) is 0 Å². The Morgan fingerprint density at radius 2 is 2.29 bits per heavy atom. The van der Waals surface area contributed by atoms with E-state index < -0.39 is 0 Å². The normalized spacial score (nSPS) is 13.1. The molecule has 0 radical (unpaired) electrons. The molecule has 1 aromatic heterocycles. The number of thiazole rings is 1. The van der Waals surface area contributed by atoms with Crippen molar-refractivity contribution in [2.24, 2.45) is 17.4 Å². The van der Waals surface area contributed by atoms with Crippen LogP contribution in [-0.2, 0) is 11.2 Å². The summed E-state index contributed by atoms with van der Waals surface area (Å²) in [4.78, 5) is 14.9. The van der Waals surface area contributed by atoms with E-state index >= 15 is 0 Å². The molecule has 1 amide bonds. The topological polar surface area (TPSA) is 82.0 Å². The van der Waals surface area contributed by atoms with Gasteiger partial charge in [-0.3, -0.25) is 4.79 Å². The zero-order chi connectivity index (χ0) is 10.7. The highest BCUT2D eigenvalue weighted by molar-refractivity contribution is 7.09. The van der Waals surface area contributed by atoms with E-state index in [2.05, 4.69) is 4.98 Å². The molecule has 0 fully saturated rings. The van der Waals surface area contributed by atoms with Gasteiger partial charge in [0.05, 0.1) is 18.2 Å². The van der Waals surface area contributed by atoms with Gasteiger partial charge in [0.15, 0.2) is 0 Å². The highest BCUT2D eigenvalue weighted by Gasteiger charge is 2.14. The Kier molecular flexibility index (Phi) is 3.60. The van der Waals surface area contributed by atoms with E-state index in [0.29, 0.717) is 11.6 Å². The first kappa shape index (κ1) is 11.1. The maximum atomic E-state index is 10.6. The average molecular weight is 213 g/mol. The van der Waals surface area contributed by atoms with Gasteiger partial charge in [0.1, 0.15) is 5.01 Å². The van der Waals surface area contributed by atoms with Gasteiger partial charge in [-0.05, 0) is 5.92 Å². The van der Waals surface area contributed by atoms with Crippen LogP contribution in [0.15, 0.2) is 5.38 Å². The number of amides is 1. The first-order valence-corrected chi connectivity index (χ1v) is 5.37. The smallest absolute Gasteiger partial charge is 0.223 e. The van der Waals surface area contributed by atoms with Gasteiger partial charge in [0.2, 0.25) is 5.91 Å². The Morgan fingerprint density at radius 3 is 2.79 bits per heavy atom. The molecule has 5 heteroatoms. The fourth-order valence-corrected chi connectivity index (χ4v) is 2.01. The van der Waals surface area contributed by atoms with Crippen molar-refractivity contribution in [3.8, 4) is 0 Å². The van der Waals surface area contributed by atoms with Crippen molar-refractivity contribution < 1.29 is 4.79 Å². The van der Waals surface area contributed by atoms with Crippen LogP contribution in [0.25, 0.3) is 0 Å². The standard InChI is InChI=1S/C9H15N3OS/c1-5(2)8(11)9-12-6(4-14-9)3-7(10)13/h4-5,8H,3,11H2,1-2H3,(H2,10,13). The maximum Gasteiger partial charge on any atom is 0.223 e. The minimum atomic E-state index is -0.361. The van der Waals surface area contributed by atoms with Gasteiger partial charge in [-0.2, -0.15) is 0 Å². The van der Waals surface area contributed by atoms with Gasteiger partial charge in [-0.25, -0.2) is 4.98 Å². The molecule has 0 saturated heterocycles. The molecule has 1 atom stereocenters. The molecule has 78 valence electrons. The molecular formula is C9H15N3OS. The van der Waals surface area contributed by atoms with Crippen molar-refractivity contribution in [1.82, 2.24) is 4.98 Å². The van der Waals surface area contributed by atoms with Crippen molar-refractivity contribution in [3.05, 3.63) is 16.1 Å². The van der Waals surface area contributed by atoms with Crippen LogP contribution < -0.4 is 11.5 Å². The minimum absolute atomic E-state index is 0.0540. The third-order valence-electron chi connectivity index (χ3n) is 1.93. The second-order valence-electron chi connectivity index (χ2n) is 3.59. The lowest BCUT2D eigenvalue weighted by atomic mass is 10.1. The molecule has 0 saturated carbocycles. The highest BCUT2D eigenvalue weighted by atomic mass is 32.1. The number of rotatable bonds is 4. The van der Waals surface area contributed by atoms with Crippen molar-refractivity contribution in [3.63, 3.8) is 0 Å². The number of nitrogens with zero attached hydrogens (tertiary/aromatic N) is 1. The van der Waals surface area contributed by atoms with E-state index in [1.54, 1.807) is 0 Å². The number of carbonyl (C=O) groups is 1. The fourth-order valence-electron chi connectivity index (χ4n) is 1.02. The van der Waals surface area contributed by atoms with E-state index in [-0.39, 0.29) is 18.4 Å². The van der Waals surface area contributed by atoms with Crippen LogP contribution in [0.2, 0.25) is 0 Å². The Bertz CT molecular complexity index is 322. The number of carbonyl (C=O) groups excluding carboxylic acids is 1. The largest absolute Gasteiger partial charge is 0.369 e. The summed E-state index contributed by atoms with van der Waals surface area (Å²) in [6, 6.07) is -0.0540. The Labute approximate surface area is 87.3 Å². The first-order valence-electron chi connectivity index (χ1n) is 4.49. The predicted octanol–water partition coefficient (Wildman–Crippen LogP) is 0.827. The lowest BCUT2D eigenvalue weighted by molar-refractivity contribution is -0.117. The number of primary amides is 1. The van der Waals surface area contributed by atoms with Gasteiger partial charge in [-0.1, -0.05) is 13.8 Å². The van der Waals surface area contributed by atoms with Crippen molar-refractivity contribution in [2.75, 3.05) is 0 Å². The molecule has 0 spiro atoms. The molecule has 1 aromatic rings. The quantitative estimate of drug-likeness (QED) is 0.777. The summed E-state index contributed by atoms with van der Waals surface area (Å²) in [5.41, 5.74) is 11.7. The molecule has 0 aliphatic heterocycles. The summed E-state index contributed by atoms with van der Waals surface area (Å²) in [5, 5.41) is 2.71. The SMILES string of the molecule is CC(C)C(N)c1nc(CC(N)=O)cs1. The van der Waals surface area contributed by atoms with Crippen LogP contribution in [0, 0.1) is 5.92 Å². The van der Waals surface area contributed by atoms with Gasteiger partial charge in [-0.15, -0.1) is 11.3 Å². The van der Waals surface area contributed by atoms with Crippen molar-refractivity contribution >= 4 is 17.2 Å². The summed E-state index contributed by atoms with van der Waals surface area (Å²) >= 11 is 1.48. The molecule has 0 bridgehead atoms. The summed E-state index contributed by atoms with van der Waals surface area (Å²) in [6.45, 7) is 4.08. The zero-order valence-corrected chi connectivity index (χ0v) is 9.17. The Hall–Kier alpha value is -0.940. The molecular weight excluding hydrogens is 198 g/mol. The third kappa shape index (κ3) is 2.78. The monoisotopic (exact) mass is 213 g/mol. The molecule has 0 aromatic carbocycles. The molecule has 1 rings (SSSR count). The predicted molar refractivity (Wildman–Crippen MR) is 56.8 cm³/mol. The third-order valence-corrected chi connectivity index (χ3v) is 2.92. The number of aromatic nitrogens is 1. The molecule has 14 heavy (non-hydrogen) atoms. The second kappa shape index (κ2) is 4.52. The van der Waals surface area contributed by atoms with E-state index in [9.17, 15) is 4.79 Å². The highest BCUT2D eigenvalue weighted by Crippen LogP contribution is 2.22. The fraction of sp³-hybridized carbons (Fsp3) is 0.556. The van der Waals surface area contributed by atoms with Gasteiger partial charge >= 0.3 is 0 Å². The lowest BCUT2D eigenvalue weighted by Gasteiger charge is -2.11. The Morgan fingerprint density at radius 1 is 1.64 bits per heavy atom. The van der Waals surface area contributed by atoms with Crippen LogP contribution in [0.4, 0.5) is 0 Å². The summed E-state index contributed by atoms with van der Waals surface area (Å²) in [7, 11) is 0. The minimum Gasteiger partial charge on any atom is -0.369 e. The number of hydrogen-bond donors (Lipinski definition) is 2. The van der Waals surface area contributed by atoms with Crippen molar-refractivity contribution in [1.29, 1.82) is 0 Å². The maximum absolute atomic E-state index is 10.6. The van der Waals surface area contributed by atoms with Crippen LogP contribution in [-0.4, -0.2) is 10.9 Å². The summed E-state index contributed by atoms with van der Waals surface area (Å²) in [5.74, 6) is -0.0115. The first-order chi connectivity index (χ1) is 6.50. The molecule has 4 nitrogen and oxygen atoms in total. The summed E-state index contributed by atoms with van der Waals surface area (Å²) < 4.78 is 0. The molecule has 0 aliphatic carbocycles. The summed E-state index contributed by atoms with van der Waals surface area (Å²) in [6.07, 6.45) is 0.196. The van der Waals surface area contributed by atoms with E-state index in [1.807, 2.05) is 19.2 Å². The van der Waals surface area contributed by atoms with Gasteiger partial charge in [0, 0.05) is 5.38 Å². The number of hydrogen-bond acceptors (Lipinski definition) is 4. The Balaban J connectivity index is 2.72. The average Bonchev–Trinajstić information content (AvgIpc) is 2.50. The molecule has 1 heterocycles. The van der Waals surface area contributed by atoms with E-state index in [1.165, 1.54) is 11.3 Å². The van der Waals surface area contributed by atoms with Crippen LogP contribution >= 0.6 is 11.3 Å². The lowest BCUT2D eigenvalue weighted by Crippen LogP contribution is -2.17.